The first kappa shape index (κ1) is 74.4. The molecular formula is C63H104O33. The van der Waals surface area contributed by atoms with Gasteiger partial charge in [-0.1, -0.05) is 27.7 Å². The standard InChI is InChI=1S/C63H104O33/c1-21-8-13-63(83-20-21)22(2)33-51(96-63)39(73)34-26-7-6-24-14-25(9-11-61(24,4)27(26)10-12-62(33,34)5)85-56-46(80)42(76)50(32(19-68)89-56)92-60-54(95-59-48(82)52(37(71)29(16-65)87-59)93-57-45(79)41(75)36(70)28(15-64)86-57)53(38(72)30(17-66)88-60)94-58-47(81)43(77)49(31(18-67)90-58)91-55-44(78)40(74)35(69)23(3)84-55/h21-60,64-82H,6-20H2,1-5H3. The van der Waals surface area contributed by atoms with Crippen molar-refractivity contribution in [3.8, 4) is 0 Å². The number of hydrogen-bond donors (Lipinski definition) is 19. The predicted molar refractivity (Wildman–Crippen MR) is 314 cm³/mol. The van der Waals surface area contributed by atoms with Crippen molar-refractivity contribution in [1.82, 2.24) is 0 Å². The molecule has 0 radical (unpaired) electrons. The van der Waals surface area contributed by atoms with E-state index >= 15 is 0 Å². The molecule has 0 aromatic carbocycles. The van der Waals surface area contributed by atoms with Gasteiger partial charge in [0, 0.05) is 18.3 Å². The van der Waals surface area contributed by atoms with Gasteiger partial charge in [0.2, 0.25) is 0 Å². The van der Waals surface area contributed by atoms with E-state index in [0.29, 0.717) is 31.3 Å². The molecule has 1 spiro atoms. The summed E-state index contributed by atoms with van der Waals surface area (Å²) in [5, 5.41) is 212. The van der Waals surface area contributed by atoms with Gasteiger partial charge in [-0.25, -0.2) is 0 Å². The van der Waals surface area contributed by atoms with Crippen molar-refractivity contribution in [1.29, 1.82) is 0 Å². The summed E-state index contributed by atoms with van der Waals surface area (Å²) in [6.45, 7) is 6.20. The van der Waals surface area contributed by atoms with Crippen LogP contribution in [-0.2, 0) is 66.3 Å². The fourth-order valence-corrected chi connectivity index (χ4v) is 19.1. The molecule has 96 heavy (non-hydrogen) atoms. The zero-order chi connectivity index (χ0) is 69.1. The largest absolute Gasteiger partial charge is 0.394 e. The Morgan fingerprint density at radius 2 is 0.844 bits per heavy atom. The van der Waals surface area contributed by atoms with Crippen molar-refractivity contribution < 1.29 is 163 Å². The number of hydrogen-bond acceptors (Lipinski definition) is 33. The third-order valence-electron chi connectivity index (χ3n) is 24.6. The summed E-state index contributed by atoms with van der Waals surface area (Å²) >= 11 is 0. The Hall–Kier alpha value is -1.32. The molecule has 43 atom stereocenters. The second-order valence-corrected chi connectivity index (χ2v) is 30.0. The first-order valence-corrected chi connectivity index (χ1v) is 34.3. The van der Waals surface area contributed by atoms with Gasteiger partial charge in [0.05, 0.1) is 64.1 Å². The van der Waals surface area contributed by atoms with E-state index in [1.54, 1.807) is 0 Å². The zero-order valence-corrected chi connectivity index (χ0v) is 54.4. The van der Waals surface area contributed by atoms with Crippen LogP contribution in [0.15, 0.2) is 0 Å². The van der Waals surface area contributed by atoms with Crippen LogP contribution in [0.3, 0.4) is 0 Å². The molecule has 19 N–H and O–H groups in total. The van der Waals surface area contributed by atoms with Crippen molar-refractivity contribution in [3.05, 3.63) is 0 Å². The summed E-state index contributed by atoms with van der Waals surface area (Å²) in [6.07, 6.45) is -51.3. The summed E-state index contributed by atoms with van der Waals surface area (Å²) < 4.78 is 85.4. The molecule has 8 aliphatic heterocycles. The van der Waals surface area contributed by atoms with Crippen molar-refractivity contribution in [3.63, 3.8) is 0 Å². The Labute approximate surface area is 554 Å². The molecule has 8 saturated heterocycles. The molecule has 4 aliphatic carbocycles. The summed E-state index contributed by atoms with van der Waals surface area (Å²) in [5.41, 5.74) is -0.252. The first-order chi connectivity index (χ1) is 45.6. The lowest BCUT2D eigenvalue weighted by Gasteiger charge is -2.61. The van der Waals surface area contributed by atoms with E-state index in [9.17, 15) is 97.0 Å². The van der Waals surface area contributed by atoms with Gasteiger partial charge < -0.3 is 163 Å². The number of rotatable bonds is 17. The van der Waals surface area contributed by atoms with Crippen LogP contribution in [0.25, 0.3) is 0 Å². The number of ether oxygens (including phenoxy) is 14. The molecular weight excluding hydrogens is 1280 g/mol. The van der Waals surface area contributed by atoms with Crippen LogP contribution < -0.4 is 0 Å². The van der Waals surface area contributed by atoms with Gasteiger partial charge in [-0.15, -0.1) is 0 Å². The minimum Gasteiger partial charge on any atom is -0.394 e. The molecule has 12 aliphatic rings. The molecule has 0 amide bonds. The maximum absolute atomic E-state index is 12.4. The molecule has 12 rings (SSSR count). The van der Waals surface area contributed by atoms with Crippen LogP contribution in [0.1, 0.15) is 92.4 Å². The van der Waals surface area contributed by atoms with Gasteiger partial charge in [0.15, 0.2) is 43.5 Å². The van der Waals surface area contributed by atoms with Crippen LogP contribution in [0, 0.1) is 52.3 Å². The van der Waals surface area contributed by atoms with Gasteiger partial charge >= 0.3 is 0 Å². The summed E-state index contributed by atoms with van der Waals surface area (Å²) in [4.78, 5) is 0. The van der Waals surface area contributed by atoms with Crippen molar-refractivity contribution in [2.45, 2.75) is 301 Å². The minimum absolute atomic E-state index is 0.0532. The van der Waals surface area contributed by atoms with Crippen LogP contribution in [0.4, 0.5) is 0 Å². The lowest BCUT2D eigenvalue weighted by atomic mass is 9.44. The maximum atomic E-state index is 12.4. The second-order valence-electron chi connectivity index (χ2n) is 30.0. The molecule has 33 nitrogen and oxygen atoms in total. The topological polar surface area (TPSA) is 514 Å². The molecule has 8 heterocycles. The highest BCUT2D eigenvalue weighted by atomic mass is 16.8. The Morgan fingerprint density at radius 1 is 0.375 bits per heavy atom. The van der Waals surface area contributed by atoms with E-state index < -0.39 is 235 Å². The second kappa shape index (κ2) is 29.3. The Bertz CT molecular complexity index is 2540. The average Bonchev–Trinajstić information content (AvgIpc) is 1.51. The highest BCUT2D eigenvalue weighted by molar-refractivity contribution is 5.19. The van der Waals surface area contributed by atoms with Crippen LogP contribution >= 0.6 is 0 Å². The van der Waals surface area contributed by atoms with Crippen LogP contribution in [0.2, 0.25) is 0 Å². The van der Waals surface area contributed by atoms with E-state index in [4.69, 9.17) is 66.3 Å². The Kier molecular flexibility index (Phi) is 22.7. The number of fused-ring (bicyclic) bond motifs is 7. The van der Waals surface area contributed by atoms with Gasteiger partial charge in [0.25, 0.3) is 0 Å². The lowest BCUT2D eigenvalue weighted by Crippen LogP contribution is -2.69. The lowest BCUT2D eigenvalue weighted by molar-refractivity contribution is -0.414. The van der Waals surface area contributed by atoms with E-state index in [2.05, 4.69) is 27.7 Å². The third kappa shape index (κ3) is 13.0. The summed E-state index contributed by atoms with van der Waals surface area (Å²) in [5.74, 6) is 0.883. The molecule has 0 aromatic heterocycles. The van der Waals surface area contributed by atoms with Crippen LogP contribution in [-0.4, -0.2) is 345 Å². The molecule has 33 heteroatoms. The van der Waals surface area contributed by atoms with Crippen molar-refractivity contribution in [2.24, 2.45) is 52.3 Å². The SMILES string of the molecule is CC1CCC2(OC1)OC1C(O)C3C4CCC5CC(OC6OC(CO)C(OC7OC(CO)C(O)C(OC8OC(CO)C(OC9OC(C)C(O)C(O)C9O)C(O)C8O)C7OC7OC(CO)C(O)C(OC8OC(CO)C(O)C(O)C8O)C7O)C(O)C6O)CCC5(C)C4CCC3(C)C1C2C. The molecule has 4 saturated carbocycles. The Morgan fingerprint density at radius 3 is 1.43 bits per heavy atom. The number of aliphatic hydroxyl groups is 19. The van der Waals surface area contributed by atoms with Crippen molar-refractivity contribution in [2.75, 3.05) is 39.6 Å². The van der Waals surface area contributed by atoms with E-state index in [0.717, 1.165) is 44.9 Å². The fraction of sp³-hybridized carbons (Fsp3) is 1.00. The number of aliphatic hydroxyl groups excluding tert-OH is 19. The normalized spacial score (nSPS) is 57.6. The summed E-state index contributed by atoms with van der Waals surface area (Å²) in [7, 11) is 0. The van der Waals surface area contributed by atoms with E-state index in [-0.39, 0.29) is 46.5 Å². The molecule has 12 fully saturated rings. The highest BCUT2D eigenvalue weighted by Crippen LogP contribution is 2.71. The molecule has 0 bridgehead atoms. The van der Waals surface area contributed by atoms with E-state index in [1.165, 1.54) is 6.92 Å². The first-order valence-electron chi connectivity index (χ1n) is 34.3. The Balaban J connectivity index is 0.765. The smallest absolute Gasteiger partial charge is 0.187 e. The molecule has 0 aromatic rings. The zero-order valence-electron chi connectivity index (χ0n) is 54.4. The summed E-state index contributed by atoms with van der Waals surface area (Å²) in [6, 6.07) is 0. The molecule has 554 valence electrons. The van der Waals surface area contributed by atoms with Gasteiger partial charge in [-0.3, -0.25) is 0 Å². The fourth-order valence-electron chi connectivity index (χ4n) is 19.1. The molecule has 43 unspecified atom stereocenters. The minimum atomic E-state index is -2.29. The quantitative estimate of drug-likeness (QED) is 0.0602. The van der Waals surface area contributed by atoms with Crippen LogP contribution in [0.5, 0.6) is 0 Å². The third-order valence-corrected chi connectivity index (χ3v) is 24.6. The van der Waals surface area contributed by atoms with Gasteiger partial charge in [0.1, 0.15) is 140 Å². The van der Waals surface area contributed by atoms with Gasteiger partial charge in [-0.05, 0) is 98.7 Å². The maximum Gasteiger partial charge on any atom is 0.187 e. The predicted octanol–water partition coefficient (Wildman–Crippen LogP) is -7.26. The van der Waals surface area contributed by atoms with E-state index in [1.807, 2.05) is 0 Å². The highest BCUT2D eigenvalue weighted by Gasteiger charge is 2.73. The average molecular weight is 1390 g/mol. The monoisotopic (exact) mass is 1390 g/mol. The van der Waals surface area contributed by atoms with Crippen molar-refractivity contribution >= 4 is 0 Å². The van der Waals surface area contributed by atoms with Gasteiger partial charge in [-0.2, -0.15) is 0 Å².